The Morgan fingerprint density at radius 3 is 2.71 bits per heavy atom. The molecule has 0 radical (unpaired) electrons. The first-order valence-corrected chi connectivity index (χ1v) is 6.74. The van der Waals surface area contributed by atoms with E-state index in [2.05, 4.69) is 16.3 Å². The molecule has 7 heteroatoms. The molecule has 1 heterocycles. The number of hydrogen-bond acceptors (Lipinski definition) is 5. The molecule has 1 aromatic heterocycles. The van der Waals surface area contributed by atoms with E-state index in [0.29, 0.717) is 17.9 Å². The summed E-state index contributed by atoms with van der Waals surface area (Å²) in [5.74, 6) is 0.248. The molecule has 0 spiro atoms. The van der Waals surface area contributed by atoms with Crippen LogP contribution >= 0.6 is 12.2 Å². The fourth-order valence-electron chi connectivity index (χ4n) is 1.78. The van der Waals surface area contributed by atoms with E-state index in [4.69, 9.17) is 21.9 Å². The number of aromatic nitrogens is 2. The summed E-state index contributed by atoms with van der Waals surface area (Å²) in [4.78, 5) is 14.0. The SMILES string of the molecule is C[C@@H](CC#N)N(C)C(=O)c1ccc(-c2n[nH]c(=S)o2)cc1. The molecule has 21 heavy (non-hydrogen) atoms. The van der Waals surface area contributed by atoms with Crippen LogP contribution < -0.4 is 0 Å². The zero-order chi connectivity index (χ0) is 15.4. The molecule has 0 aliphatic carbocycles. The van der Waals surface area contributed by atoms with Crippen molar-refractivity contribution in [1.82, 2.24) is 15.1 Å². The first-order valence-electron chi connectivity index (χ1n) is 6.33. The summed E-state index contributed by atoms with van der Waals surface area (Å²) in [5, 5.41) is 15.2. The van der Waals surface area contributed by atoms with Crippen LogP contribution in [0.4, 0.5) is 0 Å². The molecular formula is C14H14N4O2S. The third-order valence-corrected chi connectivity index (χ3v) is 3.36. The average molecular weight is 302 g/mol. The van der Waals surface area contributed by atoms with Gasteiger partial charge in [-0.05, 0) is 43.4 Å². The summed E-state index contributed by atoms with van der Waals surface area (Å²) < 4.78 is 5.20. The maximum absolute atomic E-state index is 12.3. The van der Waals surface area contributed by atoms with E-state index in [1.165, 1.54) is 0 Å². The van der Waals surface area contributed by atoms with Gasteiger partial charge in [-0.25, -0.2) is 5.10 Å². The molecule has 0 saturated heterocycles. The van der Waals surface area contributed by atoms with Crippen LogP contribution in [0.3, 0.4) is 0 Å². The van der Waals surface area contributed by atoms with E-state index in [9.17, 15) is 4.79 Å². The Balaban J connectivity index is 2.17. The summed E-state index contributed by atoms with van der Waals surface area (Å²) in [5.41, 5.74) is 1.27. The number of carbonyl (C=O) groups is 1. The van der Waals surface area contributed by atoms with Crippen molar-refractivity contribution in [3.63, 3.8) is 0 Å². The quantitative estimate of drug-likeness (QED) is 0.878. The predicted molar refractivity (Wildman–Crippen MR) is 78.9 cm³/mol. The van der Waals surface area contributed by atoms with E-state index in [1.807, 2.05) is 6.92 Å². The highest BCUT2D eigenvalue weighted by Gasteiger charge is 2.17. The number of rotatable bonds is 4. The monoisotopic (exact) mass is 302 g/mol. The molecule has 2 aromatic rings. The lowest BCUT2D eigenvalue weighted by molar-refractivity contribution is 0.0746. The zero-order valence-corrected chi connectivity index (χ0v) is 12.5. The molecule has 6 nitrogen and oxygen atoms in total. The average Bonchev–Trinajstić information content (AvgIpc) is 2.92. The molecule has 1 N–H and O–H groups in total. The van der Waals surface area contributed by atoms with E-state index in [-0.39, 0.29) is 16.8 Å². The number of nitriles is 1. The van der Waals surface area contributed by atoms with Gasteiger partial charge in [-0.15, -0.1) is 5.10 Å². The lowest BCUT2D eigenvalue weighted by Gasteiger charge is -2.22. The molecule has 0 bridgehead atoms. The van der Waals surface area contributed by atoms with Crippen LogP contribution in [0.15, 0.2) is 28.7 Å². The van der Waals surface area contributed by atoms with Gasteiger partial charge in [-0.2, -0.15) is 5.26 Å². The minimum absolute atomic E-state index is 0.132. The van der Waals surface area contributed by atoms with Crippen LogP contribution in [0.5, 0.6) is 0 Å². The number of aromatic amines is 1. The highest BCUT2D eigenvalue weighted by Crippen LogP contribution is 2.18. The zero-order valence-electron chi connectivity index (χ0n) is 11.7. The van der Waals surface area contributed by atoms with Gasteiger partial charge in [-0.1, -0.05) is 0 Å². The van der Waals surface area contributed by atoms with Crippen molar-refractivity contribution in [2.75, 3.05) is 7.05 Å². The normalized spacial score (nSPS) is 11.7. The molecule has 1 aromatic carbocycles. The Hall–Kier alpha value is -2.46. The second-order valence-corrected chi connectivity index (χ2v) is 4.99. The van der Waals surface area contributed by atoms with Gasteiger partial charge < -0.3 is 9.32 Å². The third kappa shape index (κ3) is 3.35. The van der Waals surface area contributed by atoms with Gasteiger partial charge >= 0.3 is 0 Å². The van der Waals surface area contributed by atoms with Gasteiger partial charge in [0.25, 0.3) is 10.7 Å². The van der Waals surface area contributed by atoms with Gasteiger partial charge in [0, 0.05) is 24.2 Å². The molecule has 1 atom stereocenters. The standard InChI is InChI=1S/C14H14N4O2S/c1-9(7-8-15)18(2)13(19)11-5-3-10(4-6-11)12-16-17-14(21)20-12/h3-6,9H,7H2,1-2H3,(H,17,21)/t9-/m0/s1. The minimum atomic E-state index is -0.133. The summed E-state index contributed by atoms with van der Waals surface area (Å²) in [6.45, 7) is 1.84. The predicted octanol–water partition coefficient (Wildman–Crippen LogP) is 2.77. The van der Waals surface area contributed by atoms with Crippen LogP contribution in [0.1, 0.15) is 23.7 Å². The number of nitrogens with one attached hydrogen (secondary N) is 1. The molecular weight excluding hydrogens is 288 g/mol. The van der Waals surface area contributed by atoms with Crippen LogP contribution in [-0.4, -0.2) is 34.1 Å². The maximum Gasteiger partial charge on any atom is 0.284 e. The molecule has 0 fully saturated rings. The van der Waals surface area contributed by atoms with E-state index in [0.717, 1.165) is 5.56 Å². The lowest BCUT2D eigenvalue weighted by Crippen LogP contribution is -2.34. The van der Waals surface area contributed by atoms with Crippen molar-refractivity contribution in [2.24, 2.45) is 0 Å². The van der Waals surface area contributed by atoms with Gasteiger partial charge in [0.2, 0.25) is 5.89 Å². The summed E-state index contributed by atoms with van der Waals surface area (Å²) >= 11 is 4.82. The fourth-order valence-corrected chi connectivity index (χ4v) is 1.91. The van der Waals surface area contributed by atoms with Gasteiger partial charge in [0.05, 0.1) is 12.5 Å². The molecule has 1 amide bonds. The third-order valence-electron chi connectivity index (χ3n) is 3.19. The van der Waals surface area contributed by atoms with Crippen molar-refractivity contribution in [1.29, 1.82) is 5.26 Å². The highest BCUT2D eigenvalue weighted by molar-refractivity contribution is 7.71. The number of nitrogens with zero attached hydrogens (tertiary/aromatic N) is 3. The summed E-state index contributed by atoms with van der Waals surface area (Å²) in [6.07, 6.45) is 0.300. The Morgan fingerprint density at radius 2 is 2.19 bits per heavy atom. The van der Waals surface area contributed by atoms with Gasteiger partial charge in [0.1, 0.15) is 0 Å². The molecule has 0 aliphatic rings. The molecule has 0 unspecified atom stereocenters. The highest BCUT2D eigenvalue weighted by atomic mass is 32.1. The van der Waals surface area contributed by atoms with Crippen LogP contribution in [0, 0.1) is 16.2 Å². The van der Waals surface area contributed by atoms with Crippen molar-refractivity contribution in [2.45, 2.75) is 19.4 Å². The number of amides is 1. The largest absolute Gasteiger partial charge is 0.409 e. The second-order valence-electron chi connectivity index (χ2n) is 4.62. The number of benzene rings is 1. The van der Waals surface area contributed by atoms with Crippen molar-refractivity contribution in [3.05, 3.63) is 34.7 Å². The smallest absolute Gasteiger partial charge is 0.284 e. The van der Waals surface area contributed by atoms with E-state index >= 15 is 0 Å². The summed E-state index contributed by atoms with van der Waals surface area (Å²) in [6, 6.07) is 8.80. The Labute approximate surface area is 127 Å². The Kier molecular flexibility index (Phi) is 4.50. The van der Waals surface area contributed by atoms with Crippen molar-refractivity contribution >= 4 is 18.1 Å². The number of hydrogen-bond donors (Lipinski definition) is 1. The molecule has 2 rings (SSSR count). The van der Waals surface area contributed by atoms with Crippen LogP contribution in [0.25, 0.3) is 11.5 Å². The first-order chi connectivity index (χ1) is 10.0. The Bertz CT molecular complexity index is 726. The Morgan fingerprint density at radius 1 is 1.52 bits per heavy atom. The lowest BCUT2D eigenvalue weighted by atomic mass is 10.1. The van der Waals surface area contributed by atoms with Crippen LogP contribution in [0.2, 0.25) is 0 Å². The molecule has 108 valence electrons. The first kappa shape index (κ1) is 14.9. The second kappa shape index (κ2) is 6.33. The molecule has 0 saturated carbocycles. The number of carbonyl (C=O) groups excluding carboxylic acids is 1. The van der Waals surface area contributed by atoms with E-state index < -0.39 is 0 Å². The fraction of sp³-hybridized carbons (Fsp3) is 0.286. The van der Waals surface area contributed by atoms with Crippen LogP contribution in [-0.2, 0) is 0 Å². The summed E-state index contributed by atoms with van der Waals surface area (Å²) in [7, 11) is 1.69. The number of H-pyrrole nitrogens is 1. The van der Waals surface area contributed by atoms with Crippen molar-refractivity contribution in [3.8, 4) is 17.5 Å². The topological polar surface area (TPSA) is 85.9 Å². The van der Waals surface area contributed by atoms with Crippen molar-refractivity contribution < 1.29 is 9.21 Å². The minimum Gasteiger partial charge on any atom is -0.409 e. The molecule has 0 aliphatic heterocycles. The van der Waals surface area contributed by atoms with Gasteiger partial charge in [0.15, 0.2) is 0 Å². The van der Waals surface area contributed by atoms with Gasteiger partial charge in [-0.3, -0.25) is 4.79 Å². The maximum atomic E-state index is 12.3. The van der Waals surface area contributed by atoms with E-state index in [1.54, 1.807) is 36.2 Å².